The van der Waals surface area contributed by atoms with Gasteiger partial charge in [0.05, 0.1) is 18.6 Å². The van der Waals surface area contributed by atoms with Crippen LogP contribution in [0.2, 0.25) is 0 Å². The molecule has 0 bridgehead atoms. The lowest BCUT2D eigenvalue weighted by molar-refractivity contribution is 0.0533. The summed E-state index contributed by atoms with van der Waals surface area (Å²) < 4.78 is 5.42. The van der Waals surface area contributed by atoms with Gasteiger partial charge in [-0.2, -0.15) is 0 Å². The molecule has 2 heterocycles. The zero-order chi connectivity index (χ0) is 24.0. The summed E-state index contributed by atoms with van der Waals surface area (Å²) in [5.41, 5.74) is 9.84. The van der Waals surface area contributed by atoms with Crippen LogP contribution in [0, 0.1) is 11.8 Å². The van der Waals surface area contributed by atoms with E-state index in [0.29, 0.717) is 0 Å². The Balaban J connectivity index is 1.40. The number of aromatic amines is 1. The molecule has 0 amide bonds. The topological polar surface area (TPSA) is 121 Å². The minimum absolute atomic E-state index is 0.137. The van der Waals surface area contributed by atoms with E-state index in [4.69, 9.17) is 10.5 Å². The van der Waals surface area contributed by atoms with Crippen molar-refractivity contribution in [1.82, 2.24) is 9.97 Å². The van der Waals surface area contributed by atoms with Crippen molar-refractivity contribution in [2.75, 3.05) is 19.8 Å². The van der Waals surface area contributed by atoms with Gasteiger partial charge in [0.1, 0.15) is 0 Å². The predicted octanol–water partition coefficient (Wildman–Crippen LogP) is 2.24. The lowest BCUT2D eigenvalue weighted by atomic mass is 9.85. The highest BCUT2D eigenvalue weighted by molar-refractivity contribution is 5.44. The predicted molar refractivity (Wildman–Crippen MR) is 130 cm³/mol. The Morgan fingerprint density at radius 2 is 1.68 bits per heavy atom. The van der Waals surface area contributed by atoms with E-state index < -0.39 is 11.3 Å². The number of nitrogens with two attached hydrogens (primary N) is 1. The van der Waals surface area contributed by atoms with Gasteiger partial charge in [0.15, 0.2) is 0 Å². The number of nitrogens with zero attached hydrogens (tertiary/aromatic N) is 1. The van der Waals surface area contributed by atoms with Gasteiger partial charge in [-0.25, -0.2) is 4.98 Å². The molecular formula is C27H29N3O4. The molecule has 4 rings (SSSR count). The molecule has 3 aromatic rings. The highest BCUT2D eigenvalue weighted by Crippen LogP contribution is 2.24. The number of aliphatic hydroxyl groups is 1. The van der Waals surface area contributed by atoms with E-state index in [1.165, 1.54) is 11.9 Å². The molecule has 34 heavy (non-hydrogen) atoms. The van der Waals surface area contributed by atoms with Crippen LogP contribution in [-0.4, -0.2) is 45.5 Å². The maximum atomic E-state index is 11.6. The summed E-state index contributed by atoms with van der Waals surface area (Å²) in [6.07, 6.45) is 4.09. The van der Waals surface area contributed by atoms with Crippen LogP contribution >= 0.6 is 0 Å². The standard InChI is InChI=1S/C27H29N3O4/c28-27(11-13-34-14-12-27)16-21-5-3-19(4-6-21)1-2-20-7-9-22(10-8-20)23(17-31)15-24-25(32)26(33)30-18-29-24/h3-10,18,23,31-32H,11-17,28H2,(H,29,30,33). The van der Waals surface area contributed by atoms with Crippen LogP contribution in [0.15, 0.2) is 59.7 Å². The van der Waals surface area contributed by atoms with E-state index >= 15 is 0 Å². The molecule has 0 aliphatic carbocycles. The first-order valence-electron chi connectivity index (χ1n) is 11.4. The number of nitrogens with one attached hydrogen (secondary N) is 1. The number of hydrogen-bond acceptors (Lipinski definition) is 6. The highest BCUT2D eigenvalue weighted by Gasteiger charge is 2.28. The van der Waals surface area contributed by atoms with Crippen molar-refractivity contribution < 1.29 is 14.9 Å². The molecule has 7 nitrogen and oxygen atoms in total. The number of H-pyrrole nitrogens is 1. The summed E-state index contributed by atoms with van der Waals surface area (Å²) in [5.74, 6) is 5.65. The Labute approximate surface area is 198 Å². The van der Waals surface area contributed by atoms with Gasteiger partial charge in [-0.05, 0) is 54.7 Å². The van der Waals surface area contributed by atoms with Crippen molar-refractivity contribution in [3.63, 3.8) is 0 Å². The molecule has 1 saturated heterocycles. The molecule has 1 aliphatic rings. The van der Waals surface area contributed by atoms with E-state index in [-0.39, 0.29) is 30.2 Å². The summed E-state index contributed by atoms with van der Waals surface area (Å²) in [4.78, 5) is 17.9. The average Bonchev–Trinajstić information content (AvgIpc) is 2.85. The third-order valence-electron chi connectivity index (χ3n) is 6.30. The number of hydrogen-bond donors (Lipinski definition) is 4. The third-order valence-corrected chi connectivity index (χ3v) is 6.30. The lowest BCUT2D eigenvalue weighted by Gasteiger charge is -2.33. The summed E-state index contributed by atoms with van der Waals surface area (Å²) in [6, 6.07) is 15.8. The number of aromatic hydroxyl groups is 1. The van der Waals surface area contributed by atoms with Gasteiger partial charge in [0.25, 0.3) is 5.56 Å². The second-order valence-electron chi connectivity index (χ2n) is 8.83. The lowest BCUT2D eigenvalue weighted by Crippen LogP contribution is -2.46. The maximum Gasteiger partial charge on any atom is 0.293 e. The minimum atomic E-state index is -0.591. The van der Waals surface area contributed by atoms with Crippen molar-refractivity contribution >= 4 is 0 Å². The minimum Gasteiger partial charge on any atom is -0.502 e. The first-order chi connectivity index (χ1) is 16.5. The Bertz CT molecular complexity index is 1220. The molecule has 1 atom stereocenters. The molecule has 0 radical (unpaired) electrons. The van der Waals surface area contributed by atoms with E-state index in [9.17, 15) is 15.0 Å². The number of aromatic nitrogens is 2. The van der Waals surface area contributed by atoms with E-state index in [1.807, 2.05) is 36.4 Å². The number of aliphatic hydroxyl groups excluding tert-OH is 1. The van der Waals surface area contributed by atoms with Crippen LogP contribution in [0.1, 0.15) is 46.7 Å². The molecule has 0 saturated carbocycles. The van der Waals surface area contributed by atoms with E-state index in [0.717, 1.165) is 49.2 Å². The van der Waals surface area contributed by atoms with Crippen molar-refractivity contribution in [2.45, 2.75) is 37.1 Å². The first-order valence-corrected chi connectivity index (χ1v) is 11.4. The van der Waals surface area contributed by atoms with Crippen molar-refractivity contribution in [2.24, 2.45) is 5.73 Å². The average molecular weight is 460 g/mol. The third kappa shape index (κ3) is 5.91. The van der Waals surface area contributed by atoms with Crippen molar-refractivity contribution in [3.8, 4) is 17.6 Å². The number of benzene rings is 2. The Hall–Kier alpha value is -3.44. The van der Waals surface area contributed by atoms with Gasteiger partial charge >= 0.3 is 0 Å². The highest BCUT2D eigenvalue weighted by atomic mass is 16.5. The molecule has 7 heteroatoms. The maximum absolute atomic E-state index is 11.6. The van der Waals surface area contributed by atoms with Gasteiger partial charge in [-0.1, -0.05) is 36.1 Å². The Morgan fingerprint density at radius 3 is 2.29 bits per heavy atom. The fraction of sp³-hybridized carbons (Fsp3) is 0.333. The van der Waals surface area contributed by atoms with Crippen LogP contribution in [-0.2, 0) is 17.6 Å². The van der Waals surface area contributed by atoms with Crippen LogP contribution in [0.25, 0.3) is 0 Å². The summed E-state index contributed by atoms with van der Waals surface area (Å²) in [7, 11) is 0. The van der Waals surface area contributed by atoms with Gasteiger partial charge in [-0.3, -0.25) is 4.79 Å². The largest absolute Gasteiger partial charge is 0.502 e. The van der Waals surface area contributed by atoms with Crippen LogP contribution < -0.4 is 11.3 Å². The zero-order valence-corrected chi connectivity index (χ0v) is 19.0. The van der Waals surface area contributed by atoms with Crippen molar-refractivity contribution in [1.29, 1.82) is 0 Å². The summed E-state index contributed by atoms with van der Waals surface area (Å²) in [5, 5.41) is 19.7. The number of ether oxygens (including phenoxy) is 1. The molecule has 1 aliphatic heterocycles. The fourth-order valence-corrected chi connectivity index (χ4v) is 4.15. The van der Waals surface area contributed by atoms with Gasteiger partial charge < -0.3 is 25.7 Å². The SMILES string of the molecule is NC1(Cc2ccc(C#Cc3ccc(C(CO)Cc4nc[nH]c(=O)c4O)cc3)cc2)CCOCC1. The number of rotatable bonds is 6. The van der Waals surface area contributed by atoms with Crippen molar-refractivity contribution in [3.05, 3.63) is 93.2 Å². The molecule has 1 fully saturated rings. The second-order valence-corrected chi connectivity index (χ2v) is 8.83. The molecule has 2 aromatic carbocycles. The van der Waals surface area contributed by atoms with Crippen LogP contribution in [0.3, 0.4) is 0 Å². The summed E-state index contributed by atoms with van der Waals surface area (Å²) in [6.45, 7) is 1.31. The van der Waals surface area contributed by atoms with E-state index in [1.54, 1.807) is 0 Å². The molecular weight excluding hydrogens is 430 g/mol. The second kappa shape index (κ2) is 10.7. The molecule has 1 unspecified atom stereocenters. The van der Waals surface area contributed by atoms with Crippen LogP contribution in [0.5, 0.6) is 5.75 Å². The smallest absolute Gasteiger partial charge is 0.293 e. The van der Waals surface area contributed by atoms with Crippen LogP contribution in [0.4, 0.5) is 0 Å². The normalized spacial score (nSPS) is 15.8. The first kappa shape index (κ1) is 23.7. The molecule has 1 aromatic heterocycles. The van der Waals surface area contributed by atoms with Gasteiger partial charge in [0, 0.05) is 42.2 Å². The summed E-state index contributed by atoms with van der Waals surface area (Å²) >= 11 is 0. The monoisotopic (exact) mass is 459 g/mol. The Kier molecular flexibility index (Phi) is 7.43. The fourth-order valence-electron chi connectivity index (χ4n) is 4.15. The van der Waals surface area contributed by atoms with E-state index in [2.05, 4.69) is 33.9 Å². The molecule has 176 valence electrons. The molecule has 5 N–H and O–H groups in total. The molecule has 0 spiro atoms. The Morgan fingerprint density at radius 1 is 1.06 bits per heavy atom. The quantitative estimate of drug-likeness (QED) is 0.420. The zero-order valence-electron chi connectivity index (χ0n) is 19.0. The van der Waals surface area contributed by atoms with Gasteiger partial charge in [0.2, 0.25) is 5.75 Å². The van der Waals surface area contributed by atoms with Gasteiger partial charge in [-0.15, -0.1) is 0 Å².